The Morgan fingerprint density at radius 1 is 1.41 bits per heavy atom. The van der Waals surface area contributed by atoms with Crippen LogP contribution in [0.15, 0.2) is 52.8 Å². The van der Waals surface area contributed by atoms with Crippen LogP contribution in [0, 0.1) is 6.92 Å². The summed E-state index contributed by atoms with van der Waals surface area (Å²) in [6, 6.07) is 8.14. The first-order valence-electron chi connectivity index (χ1n) is 5.29. The van der Waals surface area contributed by atoms with Gasteiger partial charge in [-0.2, -0.15) is 0 Å². The second kappa shape index (κ2) is 6.97. The predicted molar refractivity (Wildman–Crippen MR) is 71.9 cm³/mol. The van der Waals surface area contributed by atoms with Crippen LogP contribution in [0.3, 0.4) is 0 Å². The maximum atomic E-state index is 11.4. The molecule has 0 spiro atoms. The van der Waals surface area contributed by atoms with Crippen molar-refractivity contribution >= 4 is 17.7 Å². The summed E-state index contributed by atoms with van der Waals surface area (Å²) in [5.41, 5.74) is 1.84. The summed E-state index contributed by atoms with van der Waals surface area (Å²) in [4.78, 5) is 12.5. The topological polar surface area (TPSA) is 26.3 Å². The fraction of sp³-hybridized carbons (Fsp3) is 0.214. The quantitative estimate of drug-likeness (QED) is 0.344. The number of thioether (sulfide) groups is 1. The first-order chi connectivity index (χ1) is 8.17. The van der Waals surface area contributed by atoms with Gasteiger partial charge >= 0.3 is 5.97 Å². The second-order valence-electron chi connectivity index (χ2n) is 3.56. The van der Waals surface area contributed by atoms with Crippen LogP contribution in [0.2, 0.25) is 0 Å². The number of ether oxygens (including phenoxy) is 1. The molecule has 1 aromatic carbocycles. The molecule has 0 fully saturated rings. The average Bonchev–Trinajstić information content (AvgIpc) is 2.35. The van der Waals surface area contributed by atoms with Crippen LogP contribution >= 0.6 is 11.8 Å². The number of carbonyl (C=O) groups is 1. The van der Waals surface area contributed by atoms with Crippen LogP contribution in [0.1, 0.15) is 12.0 Å². The molecular formula is C14H16O2S. The lowest BCUT2D eigenvalue weighted by Crippen LogP contribution is -2.03. The molecule has 1 rings (SSSR count). The maximum absolute atomic E-state index is 11.4. The largest absolute Gasteiger partial charge is 0.466 e. The highest BCUT2D eigenvalue weighted by atomic mass is 32.2. The van der Waals surface area contributed by atoms with Gasteiger partial charge in [-0.05, 0) is 30.9 Å². The lowest BCUT2D eigenvalue weighted by Gasteiger charge is -2.02. The molecule has 3 heteroatoms. The van der Waals surface area contributed by atoms with Crippen molar-refractivity contribution < 1.29 is 9.53 Å². The molecule has 1 aromatic rings. The molecule has 0 aliphatic rings. The van der Waals surface area contributed by atoms with Gasteiger partial charge in [0.25, 0.3) is 0 Å². The molecule has 0 aliphatic heterocycles. The van der Waals surface area contributed by atoms with E-state index in [0.29, 0.717) is 12.0 Å². The Morgan fingerprint density at radius 3 is 2.59 bits per heavy atom. The average molecular weight is 248 g/mol. The highest BCUT2D eigenvalue weighted by Gasteiger charge is 2.07. The number of benzene rings is 1. The number of hydrogen-bond acceptors (Lipinski definition) is 3. The van der Waals surface area contributed by atoms with Crippen molar-refractivity contribution in [1.29, 1.82) is 0 Å². The van der Waals surface area contributed by atoms with Gasteiger partial charge in [0.1, 0.15) is 0 Å². The summed E-state index contributed by atoms with van der Waals surface area (Å²) in [5, 5.41) is 1.82. The van der Waals surface area contributed by atoms with E-state index in [-0.39, 0.29) is 5.97 Å². The Morgan fingerprint density at radius 2 is 2.06 bits per heavy atom. The van der Waals surface area contributed by atoms with E-state index in [2.05, 4.69) is 6.58 Å². The van der Waals surface area contributed by atoms with E-state index in [1.807, 2.05) is 36.6 Å². The molecule has 0 aromatic heterocycles. The zero-order valence-electron chi connectivity index (χ0n) is 10.1. The number of esters is 1. The Balaban J connectivity index is 2.74. The first-order valence-corrected chi connectivity index (χ1v) is 6.17. The molecule has 17 heavy (non-hydrogen) atoms. The van der Waals surface area contributed by atoms with Gasteiger partial charge in [0, 0.05) is 10.5 Å². The van der Waals surface area contributed by atoms with Crippen molar-refractivity contribution in [3.05, 3.63) is 53.5 Å². The molecule has 0 bridgehead atoms. The van der Waals surface area contributed by atoms with E-state index in [4.69, 9.17) is 4.74 Å². The minimum Gasteiger partial charge on any atom is -0.466 e. The van der Waals surface area contributed by atoms with Gasteiger partial charge in [-0.3, -0.25) is 0 Å². The molecule has 0 atom stereocenters. The SMILES string of the molecule is C=CC/C(=C/Sc1ccc(C)cc1)C(=O)OC. The van der Waals surface area contributed by atoms with Gasteiger partial charge in [-0.15, -0.1) is 6.58 Å². The zero-order valence-corrected chi connectivity index (χ0v) is 10.9. The number of hydrogen-bond donors (Lipinski definition) is 0. The molecule has 0 saturated heterocycles. The molecule has 90 valence electrons. The molecule has 2 nitrogen and oxygen atoms in total. The summed E-state index contributed by atoms with van der Waals surface area (Å²) in [7, 11) is 1.38. The number of aryl methyl sites for hydroxylation is 1. The van der Waals surface area contributed by atoms with Crippen molar-refractivity contribution in [3.8, 4) is 0 Å². The van der Waals surface area contributed by atoms with Crippen LogP contribution in [0.5, 0.6) is 0 Å². The van der Waals surface area contributed by atoms with Gasteiger partial charge in [-0.25, -0.2) is 4.79 Å². The summed E-state index contributed by atoms with van der Waals surface area (Å²) >= 11 is 1.51. The lowest BCUT2D eigenvalue weighted by atomic mass is 10.2. The van der Waals surface area contributed by atoms with Crippen molar-refractivity contribution in [2.45, 2.75) is 18.2 Å². The van der Waals surface area contributed by atoms with E-state index in [1.165, 1.54) is 24.4 Å². The van der Waals surface area contributed by atoms with Crippen molar-refractivity contribution in [2.24, 2.45) is 0 Å². The highest BCUT2D eigenvalue weighted by molar-refractivity contribution is 8.02. The third-order valence-corrected chi connectivity index (χ3v) is 3.12. The normalized spacial score (nSPS) is 11.1. The standard InChI is InChI=1S/C14H16O2S/c1-4-5-12(14(15)16-3)10-17-13-8-6-11(2)7-9-13/h4,6-10H,1,5H2,2-3H3/b12-10-. The van der Waals surface area contributed by atoms with Gasteiger partial charge in [-0.1, -0.05) is 35.5 Å². The van der Waals surface area contributed by atoms with E-state index >= 15 is 0 Å². The Hall–Kier alpha value is -1.48. The Bertz CT molecular complexity index is 418. The third kappa shape index (κ3) is 4.49. The van der Waals surface area contributed by atoms with Crippen molar-refractivity contribution in [1.82, 2.24) is 0 Å². The van der Waals surface area contributed by atoms with E-state index < -0.39 is 0 Å². The summed E-state index contributed by atoms with van der Waals surface area (Å²) in [6.07, 6.45) is 2.21. The van der Waals surface area contributed by atoms with Crippen LogP contribution < -0.4 is 0 Å². The van der Waals surface area contributed by atoms with Crippen molar-refractivity contribution in [3.63, 3.8) is 0 Å². The fourth-order valence-corrected chi connectivity index (χ4v) is 1.99. The van der Waals surface area contributed by atoms with Gasteiger partial charge in [0.15, 0.2) is 0 Å². The van der Waals surface area contributed by atoms with E-state index in [0.717, 1.165) is 4.90 Å². The first kappa shape index (κ1) is 13.6. The maximum Gasteiger partial charge on any atom is 0.334 e. The van der Waals surface area contributed by atoms with Crippen LogP contribution in [-0.4, -0.2) is 13.1 Å². The number of carbonyl (C=O) groups excluding carboxylic acids is 1. The molecule has 0 aliphatic carbocycles. The molecule has 0 N–H and O–H groups in total. The zero-order chi connectivity index (χ0) is 12.7. The van der Waals surface area contributed by atoms with E-state index in [1.54, 1.807) is 6.08 Å². The Labute approximate surface area is 106 Å². The van der Waals surface area contributed by atoms with Gasteiger partial charge in [0.05, 0.1) is 7.11 Å². The molecule has 0 amide bonds. The fourth-order valence-electron chi connectivity index (χ4n) is 1.22. The number of allylic oxidation sites excluding steroid dienone is 1. The smallest absolute Gasteiger partial charge is 0.334 e. The summed E-state index contributed by atoms with van der Waals surface area (Å²) in [5.74, 6) is -0.301. The van der Waals surface area contributed by atoms with Crippen molar-refractivity contribution in [2.75, 3.05) is 7.11 Å². The third-order valence-electron chi connectivity index (χ3n) is 2.17. The minimum absolute atomic E-state index is 0.301. The number of methoxy groups -OCH3 is 1. The molecule has 0 heterocycles. The molecule has 0 radical (unpaired) electrons. The molecule has 0 unspecified atom stereocenters. The molecule has 0 saturated carbocycles. The van der Waals surface area contributed by atoms with Crippen LogP contribution in [0.4, 0.5) is 0 Å². The Kier molecular flexibility index (Phi) is 5.57. The van der Waals surface area contributed by atoms with Gasteiger partial charge in [0.2, 0.25) is 0 Å². The number of rotatable bonds is 5. The van der Waals surface area contributed by atoms with Crippen LogP contribution in [-0.2, 0) is 9.53 Å². The van der Waals surface area contributed by atoms with Crippen LogP contribution in [0.25, 0.3) is 0 Å². The predicted octanol–water partition coefficient (Wildman–Crippen LogP) is 3.72. The lowest BCUT2D eigenvalue weighted by molar-refractivity contribution is -0.136. The summed E-state index contributed by atoms with van der Waals surface area (Å²) < 4.78 is 4.70. The van der Waals surface area contributed by atoms with Gasteiger partial charge < -0.3 is 4.74 Å². The summed E-state index contributed by atoms with van der Waals surface area (Å²) in [6.45, 7) is 5.67. The molecular weight excluding hydrogens is 232 g/mol. The monoisotopic (exact) mass is 248 g/mol. The highest BCUT2D eigenvalue weighted by Crippen LogP contribution is 2.22. The van der Waals surface area contributed by atoms with E-state index in [9.17, 15) is 4.79 Å². The second-order valence-corrected chi connectivity index (χ2v) is 4.50. The minimum atomic E-state index is -0.301.